The van der Waals surface area contributed by atoms with Gasteiger partial charge in [-0.1, -0.05) is 0 Å². The molecule has 0 bridgehead atoms. The van der Waals surface area contributed by atoms with E-state index in [1.54, 1.807) is 0 Å². The first-order valence-corrected chi connectivity index (χ1v) is 5.35. The normalized spacial score (nSPS) is 10.8. The molecule has 0 fully saturated rings. The van der Waals surface area contributed by atoms with E-state index in [1.165, 1.54) is 0 Å². The average Bonchev–Trinajstić information content (AvgIpc) is 2.15. The smallest absolute Gasteiger partial charge is 0.242 e. The van der Waals surface area contributed by atoms with Crippen LogP contribution in [0.25, 0.3) is 0 Å². The molecule has 0 atom stereocenters. The Balaban J connectivity index is 0.00000196. The third-order valence-electron chi connectivity index (χ3n) is 1.43. The van der Waals surface area contributed by atoms with Crippen molar-refractivity contribution in [1.82, 2.24) is 9.71 Å². The molecule has 8 heteroatoms. The summed E-state index contributed by atoms with van der Waals surface area (Å²) in [6.45, 7) is 0.292. The molecule has 15 heavy (non-hydrogen) atoms. The van der Waals surface area contributed by atoms with Crippen LogP contribution in [0.3, 0.4) is 0 Å². The van der Waals surface area contributed by atoms with Gasteiger partial charge in [0.15, 0.2) is 0 Å². The molecule has 1 rings (SSSR count). The maximum Gasteiger partial charge on any atom is 0.242 e. The summed E-state index contributed by atoms with van der Waals surface area (Å²) in [5.41, 5.74) is 5.13. The van der Waals surface area contributed by atoms with Gasteiger partial charge in [-0.25, -0.2) is 17.5 Å². The highest BCUT2D eigenvalue weighted by Crippen LogP contribution is 2.07. The Morgan fingerprint density at radius 2 is 2.13 bits per heavy atom. The molecule has 0 amide bonds. The van der Waals surface area contributed by atoms with Crippen LogP contribution in [0.2, 0.25) is 0 Å². The molecule has 0 aliphatic carbocycles. The Bertz CT molecular complexity index is 412. The van der Waals surface area contributed by atoms with Gasteiger partial charge in [-0.15, -0.1) is 12.4 Å². The van der Waals surface area contributed by atoms with Crippen LogP contribution in [0.4, 0.5) is 4.39 Å². The monoisotopic (exact) mass is 255 g/mol. The number of aromatic nitrogens is 1. The average molecular weight is 256 g/mol. The van der Waals surface area contributed by atoms with Crippen molar-refractivity contribution in [2.45, 2.75) is 4.90 Å². The third kappa shape index (κ3) is 4.08. The highest BCUT2D eigenvalue weighted by atomic mass is 35.5. The third-order valence-corrected chi connectivity index (χ3v) is 2.85. The van der Waals surface area contributed by atoms with Crippen LogP contribution in [0, 0.1) is 5.82 Å². The molecule has 0 saturated heterocycles. The molecule has 0 aromatic carbocycles. The van der Waals surface area contributed by atoms with Gasteiger partial charge < -0.3 is 5.73 Å². The maximum absolute atomic E-state index is 12.6. The fraction of sp³-hybridized carbons (Fsp3) is 0.286. The number of nitrogens with one attached hydrogen (secondary N) is 1. The zero-order valence-electron chi connectivity index (χ0n) is 7.68. The highest BCUT2D eigenvalue weighted by molar-refractivity contribution is 7.89. The van der Waals surface area contributed by atoms with Gasteiger partial charge in [0.1, 0.15) is 10.7 Å². The van der Waals surface area contributed by atoms with Crippen LogP contribution in [0.5, 0.6) is 0 Å². The summed E-state index contributed by atoms with van der Waals surface area (Å²) in [6.07, 6.45) is 2.00. The summed E-state index contributed by atoms with van der Waals surface area (Å²) in [5, 5.41) is 0. The molecule has 0 radical (unpaired) electrons. The van der Waals surface area contributed by atoms with E-state index < -0.39 is 15.8 Å². The number of sulfonamides is 1. The lowest BCUT2D eigenvalue weighted by Crippen LogP contribution is -2.29. The van der Waals surface area contributed by atoms with E-state index in [4.69, 9.17) is 5.73 Å². The molecule has 3 N–H and O–H groups in total. The first-order chi connectivity index (χ1) is 6.56. The molecule has 86 valence electrons. The van der Waals surface area contributed by atoms with Crippen LogP contribution in [0.1, 0.15) is 0 Å². The molecule has 0 saturated carbocycles. The molecule has 1 heterocycles. The maximum atomic E-state index is 12.6. The second-order valence-corrected chi connectivity index (χ2v) is 4.29. The summed E-state index contributed by atoms with van der Waals surface area (Å²) in [6, 6.07) is 0.895. The lowest BCUT2D eigenvalue weighted by Gasteiger charge is -2.04. The van der Waals surface area contributed by atoms with Crippen LogP contribution >= 0.6 is 12.4 Å². The zero-order chi connectivity index (χ0) is 10.6. The summed E-state index contributed by atoms with van der Waals surface area (Å²) in [7, 11) is -3.68. The minimum absolute atomic E-state index is 0. The number of pyridine rings is 1. The van der Waals surface area contributed by atoms with Crippen molar-refractivity contribution >= 4 is 22.4 Å². The fourth-order valence-electron chi connectivity index (χ4n) is 0.816. The van der Waals surface area contributed by atoms with Gasteiger partial charge >= 0.3 is 0 Å². The van der Waals surface area contributed by atoms with Crippen molar-refractivity contribution in [3.63, 3.8) is 0 Å². The minimum atomic E-state index is -3.68. The van der Waals surface area contributed by atoms with Crippen molar-refractivity contribution in [2.24, 2.45) is 5.73 Å². The van der Waals surface area contributed by atoms with E-state index in [0.29, 0.717) is 0 Å². The highest BCUT2D eigenvalue weighted by Gasteiger charge is 2.13. The summed E-state index contributed by atoms with van der Waals surface area (Å²) in [4.78, 5) is 3.23. The topological polar surface area (TPSA) is 85.1 Å². The second-order valence-electron chi connectivity index (χ2n) is 2.53. The molecule has 0 aliphatic heterocycles. The van der Waals surface area contributed by atoms with E-state index in [-0.39, 0.29) is 30.4 Å². The molecule has 5 nitrogen and oxygen atoms in total. The van der Waals surface area contributed by atoms with Crippen LogP contribution < -0.4 is 10.5 Å². The van der Waals surface area contributed by atoms with Crippen molar-refractivity contribution < 1.29 is 12.8 Å². The molecular formula is C7H11ClFN3O2S. The molecular weight excluding hydrogens is 245 g/mol. The standard InChI is InChI=1S/C7H10FN3O2S.ClH/c8-6-3-7(5-10-4-6)14(12,13)11-2-1-9;/h3-5,11H,1-2,9H2;1H. The summed E-state index contributed by atoms with van der Waals surface area (Å²) >= 11 is 0. The van der Waals surface area contributed by atoms with Gasteiger partial charge in [0.25, 0.3) is 0 Å². The minimum Gasteiger partial charge on any atom is -0.329 e. The largest absolute Gasteiger partial charge is 0.329 e. The molecule has 0 spiro atoms. The van der Waals surface area contributed by atoms with E-state index >= 15 is 0 Å². The molecule has 0 unspecified atom stereocenters. The number of halogens is 2. The Morgan fingerprint density at radius 1 is 1.47 bits per heavy atom. The summed E-state index contributed by atoms with van der Waals surface area (Å²) < 4.78 is 37.6. The van der Waals surface area contributed by atoms with Crippen molar-refractivity contribution in [3.05, 3.63) is 24.3 Å². The number of rotatable bonds is 4. The van der Waals surface area contributed by atoms with E-state index in [0.717, 1.165) is 18.5 Å². The Hall–Kier alpha value is -0.760. The van der Waals surface area contributed by atoms with Gasteiger partial charge in [0.05, 0.1) is 6.20 Å². The Labute approximate surface area is 93.4 Å². The molecule has 1 aromatic rings. The number of hydrogen-bond donors (Lipinski definition) is 2. The lowest BCUT2D eigenvalue weighted by atomic mass is 10.5. The lowest BCUT2D eigenvalue weighted by molar-refractivity contribution is 0.576. The van der Waals surface area contributed by atoms with E-state index in [1.807, 2.05) is 0 Å². The number of hydrogen-bond acceptors (Lipinski definition) is 4. The van der Waals surface area contributed by atoms with Gasteiger partial charge in [-0.2, -0.15) is 0 Å². The first kappa shape index (κ1) is 14.2. The van der Waals surface area contributed by atoms with Crippen LogP contribution in [-0.2, 0) is 10.0 Å². The fourth-order valence-corrected chi connectivity index (χ4v) is 1.84. The van der Waals surface area contributed by atoms with Gasteiger partial charge in [-0.05, 0) is 6.07 Å². The molecule has 1 aromatic heterocycles. The SMILES string of the molecule is Cl.NCCNS(=O)(=O)c1cncc(F)c1. The summed E-state index contributed by atoms with van der Waals surface area (Å²) in [5.74, 6) is -0.694. The van der Waals surface area contributed by atoms with E-state index in [9.17, 15) is 12.8 Å². The van der Waals surface area contributed by atoms with Crippen molar-refractivity contribution in [2.75, 3.05) is 13.1 Å². The van der Waals surface area contributed by atoms with Crippen molar-refractivity contribution in [3.8, 4) is 0 Å². The Morgan fingerprint density at radius 3 is 2.67 bits per heavy atom. The van der Waals surface area contributed by atoms with E-state index in [2.05, 4.69) is 9.71 Å². The van der Waals surface area contributed by atoms with Crippen LogP contribution in [-0.4, -0.2) is 26.5 Å². The van der Waals surface area contributed by atoms with Gasteiger partial charge in [0, 0.05) is 19.3 Å². The number of nitrogens with zero attached hydrogens (tertiary/aromatic N) is 1. The second kappa shape index (κ2) is 5.96. The Kier molecular flexibility index (Phi) is 5.66. The quantitative estimate of drug-likeness (QED) is 0.786. The predicted molar refractivity (Wildman–Crippen MR) is 55.7 cm³/mol. The zero-order valence-corrected chi connectivity index (χ0v) is 9.31. The first-order valence-electron chi connectivity index (χ1n) is 3.86. The predicted octanol–water partition coefficient (Wildman–Crippen LogP) is -0.121. The van der Waals surface area contributed by atoms with Crippen molar-refractivity contribution in [1.29, 1.82) is 0 Å². The van der Waals surface area contributed by atoms with Gasteiger partial charge in [-0.3, -0.25) is 4.98 Å². The molecule has 0 aliphatic rings. The van der Waals surface area contributed by atoms with Gasteiger partial charge in [0.2, 0.25) is 10.0 Å². The van der Waals surface area contributed by atoms with Crippen LogP contribution in [0.15, 0.2) is 23.4 Å². The number of nitrogens with two attached hydrogens (primary N) is 1.